The fraction of sp³-hybridized carbons (Fsp3) is 0.235. The van der Waals surface area contributed by atoms with Crippen molar-refractivity contribution in [3.8, 4) is 5.75 Å². The zero-order valence-electron chi connectivity index (χ0n) is 12.5. The van der Waals surface area contributed by atoms with Crippen molar-refractivity contribution in [2.75, 3.05) is 11.9 Å². The summed E-state index contributed by atoms with van der Waals surface area (Å²) in [4.78, 5) is 11.8. The number of carbonyl (C=O) groups is 1. The van der Waals surface area contributed by atoms with E-state index in [9.17, 15) is 9.18 Å². The molecule has 0 fully saturated rings. The van der Waals surface area contributed by atoms with Crippen molar-refractivity contribution in [1.82, 2.24) is 0 Å². The molecule has 0 saturated heterocycles. The molecule has 3 nitrogen and oxygen atoms in total. The van der Waals surface area contributed by atoms with Gasteiger partial charge in [0.2, 0.25) is 5.91 Å². The van der Waals surface area contributed by atoms with Gasteiger partial charge in [-0.2, -0.15) is 0 Å². The SMILES string of the molecule is Cc1cccc(C)c1OCCC(=O)Nc1cccc(Cl)c1F. The van der Waals surface area contributed by atoms with Crippen LogP contribution in [0.2, 0.25) is 5.02 Å². The van der Waals surface area contributed by atoms with Gasteiger partial charge in [-0.3, -0.25) is 4.79 Å². The lowest BCUT2D eigenvalue weighted by molar-refractivity contribution is -0.116. The number of halogens is 2. The van der Waals surface area contributed by atoms with Gasteiger partial charge >= 0.3 is 0 Å². The summed E-state index contributed by atoms with van der Waals surface area (Å²) in [5.74, 6) is -0.176. The predicted octanol–water partition coefficient (Wildman–Crippen LogP) is 4.50. The Hall–Kier alpha value is -2.07. The van der Waals surface area contributed by atoms with E-state index in [1.165, 1.54) is 12.1 Å². The summed E-state index contributed by atoms with van der Waals surface area (Å²) in [6.45, 7) is 4.12. The maximum atomic E-state index is 13.7. The minimum Gasteiger partial charge on any atom is -0.493 e. The fourth-order valence-electron chi connectivity index (χ4n) is 2.09. The molecule has 2 aromatic carbocycles. The zero-order valence-corrected chi connectivity index (χ0v) is 13.2. The molecule has 0 aromatic heterocycles. The van der Waals surface area contributed by atoms with Gasteiger partial charge in [-0.15, -0.1) is 0 Å². The minimum absolute atomic E-state index is 0.0235. The molecule has 116 valence electrons. The first-order valence-corrected chi connectivity index (χ1v) is 7.29. The van der Waals surface area contributed by atoms with Crippen LogP contribution < -0.4 is 10.1 Å². The second-order valence-electron chi connectivity index (χ2n) is 4.97. The molecule has 0 atom stereocenters. The largest absolute Gasteiger partial charge is 0.493 e. The molecule has 0 unspecified atom stereocenters. The van der Waals surface area contributed by atoms with Crippen LogP contribution in [0.25, 0.3) is 0 Å². The van der Waals surface area contributed by atoms with Crippen LogP contribution >= 0.6 is 11.6 Å². The molecule has 5 heteroatoms. The molecule has 0 heterocycles. The van der Waals surface area contributed by atoms with Gasteiger partial charge in [0, 0.05) is 0 Å². The van der Waals surface area contributed by atoms with E-state index in [0.29, 0.717) is 0 Å². The number of hydrogen-bond acceptors (Lipinski definition) is 2. The van der Waals surface area contributed by atoms with Crippen LogP contribution in [0, 0.1) is 19.7 Å². The summed E-state index contributed by atoms with van der Waals surface area (Å²) in [5, 5.41) is 2.46. The molecule has 0 aliphatic rings. The lowest BCUT2D eigenvalue weighted by Gasteiger charge is -2.12. The van der Waals surface area contributed by atoms with Crippen LogP contribution in [0.5, 0.6) is 5.75 Å². The number of nitrogens with one attached hydrogen (secondary N) is 1. The number of anilines is 1. The maximum Gasteiger partial charge on any atom is 0.227 e. The van der Waals surface area contributed by atoms with E-state index in [1.54, 1.807) is 6.07 Å². The molecule has 1 N–H and O–H groups in total. The average molecular weight is 322 g/mol. The molecular weight excluding hydrogens is 305 g/mol. The third kappa shape index (κ3) is 3.98. The number of ether oxygens (including phenoxy) is 1. The summed E-state index contributed by atoms with van der Waals surface area (Å²) in [7, 11) is 0. The Morgan fingerprint density at radius 2 is 1.82 bits per heavy atom. The summed E-state index contributed by atoms with van der Waals surface area (Å²) < 4.78 is 19.3. The second-order valence-corrected chi connectivity index (χ2v) is 5.38. The molecule has 0 spiro atoms. The molecule has 2 aromatic rings. The molecule has 2 rings (SSSR count). The van der Waals surface area contributed by atoms with Crippen LogP contribution in [0.15, 0.2) is 36.4 Å². The number of para-hydroxylation sites is 1. The van der Waals surface area contributed by atoms with Gasteiger partial charge < -0.3 is 10.1 Å². The first-order chi connectivity index (χ1) is 10.5. The number of amides is 1. The fourth-order valence-corrected chi connectivity index (χ4v) is 2.26. The Morgan fingerprint density at radius 3 is 2.50 bits per heavy atom. The van der Waals surface area contributed by atoms with Gasteiger partial charge in [0.15, 0.2) is 5.82 Å². The first-order valence-electron chi connectivity index (χ1n) is 6.92. The maximum absolute atomic E-state index is 13.7. The standard InChI is InChI=1S/C17H17ClFNO2/c1-11-5-3-6-12(2)17(11)22-10-9-15(21)20-14-8-4-7-13(18)16(14)19/h3-8H,9-10H2,1-2H3,(H,20,21). The van der Waals surface area contributed by atoms with E-state index in [0.717, 1.165) is 16.9 Å². The highest BCUT2D eigenvalue weighted by Gasteiger charge is 2.10. The smallest absolute Gasteiger partial charge is 0.227 e. The van der Waals surface area contributed by atoms with E-state index in [2.05, 4.69) is 5.32 Å². The second kappa shape index (κ2) is 7.27. The zero-order chi connectivity index (χ0) is 16.1. The third-order valence-corrected chi connectivity index (χ3v) is 3.50. The highest BCUT2D eigenvalue weighted by molar-refractivity contribution is 6.31. The summed E-state index contributed by atoms with van der Waals surface area (Å²) >= 11 is 5.67. The van der Waals surface area contributed by atoms with Crippen molar-refractivity contribution in [2.24, 2.45) is 0 Å². The quantitative estimate of drug-likeness (QED) is 0.880. The van der Waals surface area contributed by atoms with Crippen LogP contribution in [-0.2, 0) is 4.79 Å². The van der Waals surface area contributed by atoms with Crippen LogP contribution in [0.4, 0.5) is 10.1 Å². The molecule has 22 heavy (non-hydrogen) atoms. The molecule has 0 aliphatic carbocycles. The normalized spacial score (nSPS) is 10.4. The Labute approximate surface area is 134 Å². The predicted molar refractivity (Wildman–Crippen MR) is 86.1 cm³/mol. The van der Waals surface area contributed by atoms with E-state index in [1.807, 2.05) is 32.0 Å². The Balaban J connectivity index is 1.90. The minimum atomic E-state index is -0.631. The van der Waals surface area contributed by atoms with Gasteiger partial charge in [-0.1, -0.05) is 35.9 Å². The molecule has 0 radical (unpaired) electrons. The summed E-state index contributed by atoms with van der Waals surface area (Å²) in [5.41, 5.74) is 2.10. The molecular formula is C17H17ClFNO2. The Bertz CT molecular complexity index is 668. The lowest BCUT2D eigenvalue weighted by Crippen LogP contribution is -2.16. The van der Waals surface area contributed by atoms with E-state index in [-0.39, 0.29) is 29.6 Å². The number of carbonyl (C=O) groups excluding carboxylic acids is 1. The number of benzene rings is 2. The summed E-state index contributed by atoms with van der Waals surface area (Å²) in [6.07, 6.45) is 0.125. The highest BCUT2D eigenvalue weighted by atomic mass is 35.5. The molecule has 0 saturated carbocycles. The van der Waals surface area contributed by atoms with Crippen molar-refractivity contribution in [3.63, 3.8) is 0 Å². The highest BCUT2D eigenvalue weighted by Crippen LogP contribution is 2.23. The van der Waals surface area contributed by atoms with Crippen molar-refractivity contribution >= 4 is 23.2 Å². The number of aryl methyl sites for hydroxylation is 2. The van der Waals surface area contributed by atoms with Gasteiger partial charge in [0.1, 0.15) is 5.75 Å². The van der Waals surface area contributed by atoms with Crippen LogP contribution in [0.1, 0.15) is 17.5 Å². The van der Waals surface area contributed by atoms with Crippen molar-refractivity contribution in [1.29, 1.82) is 0 Å². The van der Waals surface area contributed by atoms with Crippen LogP contribution in [-0.4, -0.2) is 12.5 Å². The Morgan fingerprint density at radius 1 is 1.18 bits per heavy atom. The van der Waals surface area contributed by atoms with Crippen molar-refractivity contribution in [3.05, 3.63) is 58.4 Å². The van der Waals surface area contributed by atoms with E-state index >= 15 is 0 Å². The van der Waals surface area contributed by atoms with E-state index in [4.69, 9.17) is 16.3 Å². The lowest BCUT2D eigenvalue weighted by atomic mass is 10.1. The first kappa shape index (κ1) is 16.3. The number of rotatable bonds is 5. The van der Waals surface area contributed by atoms with Crippen molar-refractivity contribution < 1.29 is 13.9 Å². The summed E-state index contributed by atoms with van der Waals surface area (Å²) in [6, 6.07) is 10.3. The monoisotopic (exact) mass is 321 g/mol. The van der Waals surface area contributed by atoms with Crippen molar-refractivity contribution in [2.45, 2.75) is 20.3 Å². The number of hydrogen-bond donors (Lipinski definition) is 1. The topological polar surface area (TPSA) is 38.3 Å². The average Bonchev–Trinajstić information content (AvgIpc) is 2.47. The van der Waals surface area contributed by atoms with Gasteiger partial charge in [-0.25, -0.2) is 4.39 Å². The molecule has 0 aliphatic heterocycles. The van der Waals surface area contributed by atoms with Crippen LogP contribution in [0.3, 0.4) is 0 Å². The van der Waals surface area contributed by atoms with E-state index < -0.39 is 5.82 Å². The third-order valence-electron chi connectivity index (χ3n) is 3.21. The van der Waals surface area contributed by atoms with Gasteiger partial charge in [-0.05, 0) is 37.1 Å². The molecule has 0 bridgehead atoms. The molecule has 1 amide bonds. The van der Waals surface area contributed by atoms with Gasteiger partial charge in [0.05, 0.1) is 23.7 Å². The van der Waals surface area contributed by atoms with Gasteiger partial charge in [0.25, 0.3) is 0 Å². The Kier molecular flexibility index (Phi) is 5.39.